The van der Waals surface area contributed by atoms with Crippen LogP contribution in [0.4, 0.5) is 5.00 Å². The summed E-state index contributed by atoms with van der Waals surface area (Å²) in [7, 11) is 1.37. The molecule has 0 spiro atoms. The average molecular weight is 531 g/mol. The maximum Gasteiger partial charge on any atom is 0.341 e. The van der Waals surface area contributed by atoms with Crippen molar-refractivity contribution in [3.05, 3.63) is 57.9 Å². The van der Waals surface area contributed by atoms with Crippen molar-refractivity contribution in [2.75, 3.05) is 18.2 Å². The van der Waals surface area contributed by atoms with E-state index in [1.54, 1.807) is 12.1 Å². The quantitative estimate of drug-likeness (QED) is 0.218. The fourth-order valence-corrected chi connectivity index (χ4v) is 6.41. The van der Waals surface area contributed by atoms with E-state index in [0.717, 1.165) is 43.2 Å². The van der Waals surface area contributed by atoms with Crippen molar-refractivity contribution in [3.63, 3.8) is 0 Å². The van der Waals surface area contributed by atoms with Crippen LogP contribution in [-0.2, 0) is 28.9 Å². The van der Waals surface area contributed by atoms with Crippen molar-refractivity contribution in [1.29, 1.82) is 0 Å². The second-order valence-corrected chi connectivity index (χ2v) is 10.6. The fourth-order valence-electron chi connectivity index (χ4n) is 4.15. The van der Waals surface area contributed by atoms with Gasteiger partial charge in [0, 0.05) is 17.0 Å². The molecule has 0 atom stereocenters. The number of hydrogen-bond acceptors (Lipinski definition) is 7. The Morgan fingerprint density at radius 1 is 1.23 bits per heavy atom. The van der Waals surface area contributed by atoms with Gasteiger partial charge in [0.05, 0.1) is 23.4 Å². The van der Waals surface area contributed by atoms with Crippen LogP contribution >= 0.6 is 34.7 Å². The first-order valence-corrected chi connectivity index (χ1v) is 13.7. The van der Waals surface area contributed by atoms with E-state index in [1.807, 2.05) is 22.8 Å². The molecule has 1 amide bonds. The van der Waals surface area contributed by atoms with Crippen LogP contribution in [0.5, 0.6) is 0 Å². The molecule has 1 N–H and O–H groups in total. The minimum atomic E-state index is -0.402. The molecule has 0 radical (unpaired) electrons. The molecular weight excluding hydrogens is 504 g/mol. The van der Waals surface area contributed by atoms with Gasteiger partial charge < -0.3 is 10.1 Å². The number of fused-ring (bicyclic) bond motifs is 1. The van der Waals surface area contributed by atoms with E-state index in [0.29, 0.717) is 33.1 Å². The first-order chi connectivity index (χ1) is 17.0. The number of methoxy groups -OCH3 is 1. The number of nitrogens with one attached hydrogen (secondary N) is 1. The smallest absolute Gasteiger partial charge is 0.341 e. The number of halogens is 1. The van der Waals surface area contributed by atoms with Crippen molar-refractivity contribution in [2.24, 2.45) is 0 Å². The number of ether oxygens (including phenoxy) is 1. The third kappa shape index (κ3) is 5.79. The molecule has 184 valence electrons. The lowest BCUT2D eigenvalue weighted by molar-refractivity contribution is -0.113. The number of allylic oxidation sites excluding steroid dienone is 1. The monoisotopic (exact) mass is 530 g/mol. The SMILES string of the molecule is C=CCn1c(SCC(=O)Nc2sc3c(c2C(=O)OC)CCCCCC3)nnc1-c1ccccc1Cl. The zero-order chi connectivity index (χ0) is 24.8. The second kappa shape index (κ2) is 11.9. The molecule has 35 heavy (non-hydrogen) atoms. The maximum absolute atomic E-state index is 12.9. The summed E-state index contributed by atoms with van der Waals surface area (Å²) in [6.07, 6.45) is 7.95. The second-order valence-electron chi connectivity index (χ2n) is 8.14. The zero-order valence-electron chi connectivity index (χ0n) is 19.5. The maximum atomic E-state index is 12.9. The predicted molar refractivity (Wildman–Crippen MR) is 142 cm³/mol. The van der Waals surface area contributed by atoms with E-state index in [2.05, 4.69) is 22.1 Å². The predicted octanol–water partition coefficient (Wildman–Crippen LogP) is 6.02. The molecule has 1 aliphatic carbocycles. The van der Waals surface area contributed by atoms with Crippen molar-refractivity contribution in [2.45, 2.75) is 50.2 Å². The molecule has 0 saturated heterocycles. The molecule has 7 nitrogen and oxygen atoms in total. The number of thiophene rings is 1. The van der Waals surface area contributed by atoms with E-state index < -0.39 is 5.97 Å². The number of rotatable bonds is 8. The van der Waals surface area contributed by atoms with Gasteiger partial charge in [-0.15, -0.1) is 28.1 Å². The molecule has 0 fully saturated rings. The number of nitrogens with zero attached hydrogens (tertiary/aromatic N) is 3. The van der Waals surface area contributed by atoms with Crippen molar-refractivity contribution < 1.29 is 14.3 Å². The van der Waals surface area contributed by atoms with E-state index in [4.69, 9.17) is 16.3 Å². The summed E-state index contributed by atoms with van der Waals surface area (Å²) in [5.74, 6) is 0.105. The van der Waals surface area contributed by atoms with Crippen LogP contribution in [-0.4, -0.2) is 39.5 Å². The zero-order valence-corrected chi connectivity index (χ0v) is 21.9. The Balaban J connectivity index is 1.52. The third-order valence-electron chi connectivity index (χ3n) is 5.79. The summed E-state index contributed by atoms with van der Waals surface area (Å²) in [6, 6.07) is 7.42. The fraction of sp³-hybridized carbons (Fsp3) is 0.360. The largest absolute Gasteiger partial charge is 0.465 e. The molecule has 1 aliphatic rings. The molecular formula is C25H27ClN4O3S2. The number of thioether (sulfide) groups is 1. The highest BCUT2D eigenvalue weighted by Crippen LogP contribution is 2.38. The summed E-state index contributed by atoms with van der Waals surface area (Å²) in [5.41, 5.74) is 2.29. The number of aromatic nitrogens is 3. The first kappa shape index (κ1) is 25.5. The van der Waals surface area contributed by atoms with Crippen LogP contribution in [0.3, 0.4) is 0 Å². The molecule has 3 aromatic rings. The number of carbonyl (C=O) groups excluding carboxylic acids is 2. The summed E-state index contributed by atoms with van der Waals surface area (Å²) in [6.45, 7) is 4.30. The van der Waals surface area contributed by atoms with Crippen LogP contribution in [0, 0.1) is 0 Å². The number of hydrogen-bond donors (Lipinski definition) is 1. The van der Waals surface area contributed by atoms with Crippen LogP contribution < -0.4 is 5.32 Å². The minimum absolute atomic E-state index is 0.112. The van der Waals surface area contributed by atoms with Gasteiger partial charge in [0.1, 0.15) is 5.00 Å². The Bertz CT molecular complexity index is 1240. The standard InChI is InChI=1S/C25H27ClN4O3S2/c1-3-14-30-22(16-10-8-9-12-18(16)26)28-29-25(30)34-15-20(31)27-23-21(24(32)33-2)17-11-6-4-5-7-13-19(17)35-23/h3,8-10,12H,1,4-7,11,13-15H2,2H3,(H,27,31). The van der Waals surface area contributed by atoms with Gasteiger partial charge in [-0.25, -0.2) is 4.79 Å². The lowest BCUT2D eigenvalue weighted by atomic mass is 9.96. The molecule has 0 saturated carbocycles. The van der Waals surface area contributed by atoms with Crippen LogP contribution in [0.1, 0.15) is 46.5 Å². The summed E-state index contributed by atoms with van der Waals surface area (Å²) in [4.78, 5) is 26.7. The number of amides is 1. The number of esters is 1. The van der Waals surface area contributed by atoms with Gasteiger partial charge >= 0.3 is 5.97 Å². The topological polar surface area (TPSA) is 86.1 Å². The van der Waals surface area contributed by atoms with Gasteiger partial charge in [0.15, 0.2) is 11.0 Å². The Hall–Kier alpha value is -2.62. The lowest BCUT2D eigenvalue weighted by Crippen LogP contribution is -2.17. The van der Waals surface area contributed by atoms with Gasteiger partial charge in [-0.1, -0.05) is 54.4 Å². The Kier molecular flexibility index (Phi) is 8.64. The lowest BCUT2D eigenvalue weighted by Gasteiger charge is -2.11. The van der Waals surface area contributed by atoms with E-state index in [-0.39, 0.29) is 11.7 Å². The molecule has 0 bridgehead atoms. The molecule has 2 aromatic heterocycles. The average Bonchev–Trinajstić information content (AvgIpc) is 3.38. The van der Waals surface area contributed by atoms with Crippen LogP contribution in [0.15, 0.2) is 42.1 Å². The molecule has 0 aliphatic heterocycles. The van der Waals surface area contributed by atoms with Crippen LogP contribution in [0.25, 0.3) is 11.4 Å². The number of anilines is 1. The van der Waals surface area contributed by atoms with E-state index >= 15 is 0 Å². The van der Waals surface area contributed by atoms with Gasteiger partial charge in [-0.3, -0.25) is 9.36 Å². The van der Waals surface area contributed by atoms with Crippen LogP contribution in [0.2, 0.25) is 5.02 Å². The Labute approximate surface area is 217 Å². The van der Waals surface area contributed by atoms with Gasteiger partial charge in [0.25, 0.3) is 0 Å². The normalized spacial score (nSPS) is 13.4. The van der Waals surface area contributed by atoms with Crippen molar-refractivity contribution >= 4 is 51.6 Å². The molecule has 1 aromatic carbocycles. The highest BCUT2D eigenvalue weighted by atomic mass is 35.5. The highest BCUT2D eigenvalue weighted by Gasteiger charge is 2.26. The minimum Gasteiger partial charge on any atom is -0.465 e. The Morgan fingerprint density at radius 2 is 2.00 bits per heavy atom. The van der Waals surface area contributed by atoms with Gasteiger partial charge in [-0.2, -0.15) is 0 Å². The van der Waals surface area contributed by atoms with E-state index in [1.165, 1.54) is 41.5 Å². The highest BCUT2D eigenvalue weighted by molar-refractivity contribution is 7.99. The summed E-state index contributed by atoms with van der Waals surface area (Å²) < 4.78 is 6.93. The van der Waals surface area contributed by atoms with Gasteiger partial charge in [0.2, 0.25) is 5.91 Å². The van der Waals surface area contributed by atoms with E-state index in [9.17, 15) is 9.59 Å². The molecule has 0 unspecified atom stereocenters. The molecule has 4 rings (SSSR count). The molecule has 10 heteroatoms. The summed E-state index contributed by atoms with van der Waals surface area (Å²) >= 11 is 9.12. The number of benzene rings is 1. The van der Waals surface area contributed by atoms with Crippen molar-refractivity contribution in [1.82, 2.24) is 14.8 Å². The van der Waals surface area contributed by atoms with Gasteiger partial charge in [-0.05, 0) is 43.4 Å². The molecule has 2 heterocycles. The third-order valence-corrected chi connectivity index (χ3v) is 8.29. The number of carbonyl (C=O) groups is 2. The van der Waals surface area contributed by atoms with Crippen molar-refractivity contribution in [3.8, 4) is 11.4 Å². The Morgan fingerprint density at radius 3 is 2.74 bits per heavy atom. The first-order valence-electron chi connectivity index (χ1n) is 11.5. The summed E-state index contributed by atoms with van der Waals surface area (Å²) in [5, 5.41) is 13.3. The number of aryl methyl sites for hydroxylation is 1.